The number of nitrogens with zero attached hydrogens (tertiary/aromatic N) is 3. The zero-order chi connectivity index (χ0) is 23.5. The number of anilines is 2. The van der Waals surface area contributed by atoms with E-state index in [2.05, 4.69) is 10.3 Å². The molecule has 33 heavy (non-hydrogen) atoms. The number of rotatable bonds is 6. The van der Waals surface area contributed by atoms with Crippen LogP contribution in [0, 0.1) is 0 Å². The van der Waals surface area contributed by atoms with Gasteiger partial charge in [0.2, 0.25) is 0 Å². The molecule has 178 valence electrons. The van der Waals surface area contributed by atoms with Gasteiger partial charge in [-0.05, 0) is 30.3 Å². The van der Waals surface area contributed by atoms with Crippen molar-refractivity contribution in [3.8, 4) is 11.3 Å². The number of amides is 2. The fourth-order valence-electron chi connectivity index (χ4n) is 2.86. The zero-order valence-electron chi connectivity index (χ0n) is 18.2. The molecule has 0 saturated carbocycles. The molecule has 0 aliphatic rings. The number of halogens is 5. The Morgan fingerprint density at radius 1 is 1.15 bits per heavy atom. The Kier molecular flexibility index (Phi) is 9.14. The highest BCUT2D eigenvalue weighted by Crippen LogP contribution is 2.36. The normalized spacial score (nSPS) is 11.6. The maximum Gasteiger partial charge on any atom is 0.416 e. The monoisotopic (exact) mass is 610 g/mol. The third-order valence-electron chi connectivity index (χ3n) is 4.50. The van der Waals surface area contributed by atoms with Crippen LogP contribution < -0.4 is 34.2 Å². The van der Waals surface area contributed by atoms with E-state index in [-0.39, 0.29) is 34.8 Å². The van der Waals surface area contributed by atoms with Crippen LogP contribution in [0.5, 0.6) is 0 Å². The Bertz CT molecular complexity index is 1100. The Morgan fingerprint density at radius 3 is 2.48 bits per heavy atom. The van der Waals surface area contributed by atoms with E-state index in [1.807, 2.05) is 27.2 Å². The number of quaternary nitrogens is 1. The number of hydrogen-bond donors (Lipinski definition) is 1. The van der Waals surface area contributed by atoms with Crippen molar-refractivity contribution in [3.05, 3.63) is 64.5 Å². The predicted octanol–water partition coefficient (Wildman–Crippen LogP) is 3.04. The molecule has 2 aromatic carbocycles. The summed E-state index contributed by atoms with van der Waals surface area (Å²) < 4.78 is 40.5. The highest BCUT2D eigenvalue weighted by atomic mass is 127. The Balaban J connectivity index is 0.00000385. The van der Waals surface area contributed by atoms with Gasteiger partial charge in [-0.2, -0.15) is 13.2 Å². The number of nitrogens with one attached hydrogen (secondary N) is 1. The van der Waals surface area contributed by atoms with Gasteiger partial charge in [-0.25, -0.2) is 14.7 Å². The van der Waals surface area contributed by atoms with E-state index in [4.69, 9.17) is 11.6 Å². The second-order valence-corrected chi connectivity index (χ2v) is 9.43. The summed E-state index contributed by atoms with van der Waals surface area (Å²) in [5.41, 5.74) is 0.554. The molecule has 11 heteroatoms. The van der Waals surface area contributed by atoms with Gasteiger partial charge in [0, 0.05) is 16.0 Å². The number of aromatic nitrogens is 1. The van der Waals surface area contributed by atoms with Crippen molar-refractivity contribution in [2.24, 2.45) is 0 Å². The highest BCUT2D eigenvalue weighted by Gasteiger charge is 2.32. The van der Waals surface area contributed by atoms with Crippen LogP contribution in [0.2, 0.25) is 5.02 Å². The van der Waals surface area contributed by atoms with Crippen LogP contribution in [0.4, 0.5) is 28.8 Å². The minimum absolute atomic E-state index is 0. The number of hydrogen-bond acceptors (Lipinski definition) is 3. The number of carbonyl (C=O) groups is 1. The standard InChI is InChI=1S/C22H22ClF3N4OS.HI/c1-30(2,3)11-10-27-20(31)29(18-9-5-7-16(13-18)22(24,25)26)21-28-19(14-32-21)15-6-4-8-17(23)12-15;/h4-9,12-14H,10-11H2,1-3H3;1H. The molecule has 0 fully saturated rings. The summed E-state index contributed by atoms with van der Waals surface area (Å²) in [6.45, 7) is 0.998. The van der Waals surface area contributed by atoms with Crippen molar-refractivity contribution >= 4 is 39.8 Å². The lowest BCUT2D eigenvalue weighted by Crippen LogP contribution is -3.00. The molecule has 0 atom stereocenters. The smallest absolute Gasteiger partial charge is 0.416 e. The summed E-state index contributed by atoms with van der Waals surface area (Å²) >= 11 is 7.22. The summed E-state index contributed by atoms with van der Waals surface area (Å²) in [6.07, 6.45) is -4.53. The average Bonchev–Trinajstić information content (AvgIpc) is 3.16. The molecule has 3 aromatic rings. The third-order valence-corrected chi connectivity index (χ3v) is 5.56. The van der Waals surface area contributed by atoms with E-state index >= 15 is 0 Å². The SMILES string of the molecule is C[N+](C)(C)CCNC(=O)N(c1cccc(C(F)(F)F)c1)c1nc(-c2cccc(Cl)c2)cs1.[I-]. The fourth-order valence-corrected chi connectivity index (χ4v) is 3.90. The van der Waals surface area contributed by atoms with Crippen molar-refractivity contribution in [1.29, 1.82) is 0 Å². The van der Waals surface area contributed by atoms with Crippen molar-refractivity contribution in [2.75, 3.05) is 39.1 Å². The topological polar surface area (TPSA) is 45.2 Å². The number of urea groups is 1. The largest absolute Gasteiger partial charge is 1.00 e. The molecule has 0 radical (unpaired) electrons. The molecule has 3 rings (SSSR count). The van der Waals surface area contributed by atoms with Gasteiger partial charge in [-0.3, -0.25) is 0 Å². The van der Waals surface area contributed by atoms with E-state index < -0.39 is 17.8 Å². The minimum atomic E-state index is -4.53. The molecule has 2 amide bonds. The molecule has 0 aliphatic carbocycles. The summed E-state index contributed by atoms with van der Waals surface area (Å²) in [4.78, 5) is 18.7. The zero-order valence-corrected chi connectivity index (χ0v) is 21.9. The Hall–Kier alpha value is -1.89. The van der Waals surface area contributed by atoms with Gasteiger partial charge in [-0.15, -0.1) is 11.3 Å². The molecule has 0 saturated heterocycles. The van der Waals surface area contributed by atoms with Crippen LogP contribution >= 0.6 is 22.9 Å². The Morgan fingerprint density at radius 2 is 1.85 bits per heavy atom. The number of benzene rings is 2. The van der Waals surface area contributed by atoms with Crippen LogP contribution in [0.15, 0.2) is 53.9 Å². The molecule has 1 aromatic heterocycles. The van der Waals surface area contributed by atoms with E-state index in [0.717, 1.165) is 29.0 Å². The summed E-state index contributed by atoms with van der Waals surface area (Å²) in [7, 11) is 5.94. The van der Waals surface area contributed by atoms with Crippen molar-refractivity contribution in [3.63, 3.8) is 0 Å². The lowest BCUT2D eigenvalue weighted by atomic mass is 10.2. The van der Waals surface area contributed by atoms with E-state index in [0.29, 0.717) is 28.3 Å². The first-order chi connectivity index (χ1) is 14.9. The van der Waals surface area contributed by atoms with Crippen LogP contribution in [-0.4, -0.2) is 49.7 Å². The molecule has 0 unspecified atom stereocenters. The molecule has 0 aliphatic heterocycles. The first-order valence-corrected chi connectivity index (χ1v) is 11.0. The fraction of sp³-hybridized carbons (Fsp3) is 0.273. The molecular formula is C22H23ClF3IN4OS. The third kappa shape index (κ3) is 7.56. The second kappa shape index (κ2) is 11.0. The summed E-state index contributed by atoms with van der Waals surface area (Å²) in [6, 6.07) is 11.1. The molecule has 1 N–H and O–H groups in total. The molecule has 0 bridgehead atoms. The summed E-state index contributed by atoms with van der Waals surface area (Å²) in [5, 5.41) is 5.31. The highest BCUT2D eigenvalue weighted by molar-refractivity contribution is 7.14. The van der Waals surface area contributed by atoms with Gasteiger partial charge in [0.15, 0.2) is 5.13 Å². The van der Waals surface area contributed by atoms with Crippen molar-refractivity contribution < 1.29 is 46.4 Å². The van der Waals surface area contributed by atoms with E-state index in [9.17, 15) is 18.0 Å². The number of thiazole rings is 1. The van der Waals surface area contributed by atoms with Crippen LogP contribution in [0.25, 0.3) is 11.3 Å². The van der Waals surface area contributed by atoms with Crippen molar-refractivity contribution in [2.45, 2.75) is 6.18 Å². The van der Waals surface area contributed by atoms with Gasteiger partial charge in [0.05, 0.1) is 51.2 Å². The van der Waals surface area contributed by atoms with Gasteiger partial charge in [0.1, 0.15) is 0 Å². The quantitative estimate of drug-likeness (QED) is 0.345. The van der Waals surface area contributed by atoms with Gasteiger partial charge in [0.25, 0.3) is 0 Å². The predicted molar refractivity (Wildman–Crippen MR) is 122 cm³/mol. The Labute approximate surface area is 216 Å². The van der Waals surface area contributed by atoms with Crippen LogP contribution in [0.1, 0.15) is 5.56 Å². The lowest BCUT2D eigenvalue weighted by molar-refractivity contribution is -0.869. The average molecular weight is 611 g/mol. The van der Waals surface area contributed by atoms with E-state index in [1.165, 1.54) is 17.0 Å². The minimum Gasteiger partial charge on any atom is -1.00 e. The number of alkyl halides is 3. The van der Waals surface area contributed by atoms with E-state index in [1.54, 1.807) is 23.6 Å². The van der Waals surface area contributed by atoms with Gasteiger partial charge in [-0.1, -0.05) is 29.8 Å². The molecule has 5 nitrogen and oxygen atoms in total. The van der Waals surface area contributed by atoms with Crippen molar-refractivity contribution in [1.82, 2.24) is 10.3 Å². The maximum absolute atomic E-state index is 13.3. The molecule has 0 spiro atoms. The van der Waals surface area contributed by atoms with Gasteiger partial charge >= 0.3 is 12.2 Å². The second-order valence-electron chi connectivity index (χ2n) is 8.16. The maximum atomic E-state index is 13.3. The van der Waals surface area contributed by atoms with Crippen LogP contribution in [-0.2, 0) is 6.18 Å². The first-order valence-electron chi connectivity index (χ1n) is 9.71. The number of likely N-dealkylation sites (N-methyl/N-ethyl adjacent to an activating group) is 1. The number of carbonyl (C=O) groups excluding carboxylic acids is 1. The summed E-state index contributed by atoms with van der Waals surface area (Å²) in [5.74, 6) is 0. The molecular weight excluding hydrogens is 588 g/mol. The molecule has 1 heterocycles. The lowest BCUT2D eigenvalue weighted by Gasteiger charge is -2.25. The first kappa shape index (κ1) is 27.4. The van der Waals surface area contributed by atoms with Gasteiger partial charge < -0.3 is 33.8 Å². The van der Waals surface area contributed by atoms with Crippen LogP contribution in [0.3, 0.4) is 0 Å².